The van der Waals surface area contributed by atoms with Gasteiger partial charge in [0.25, 0.3) is 0 Å². The average Bonchev–Trinajstić information content (AvgIpc) is 2.81. The molecule has 6 nitrogen and oxygen atoms in total. The highest BCUT2D eigenvalue weighted by Gasteiger charge is 2.24. The lowest BCUT2D eigenvalue weighted by atomic mass is 10.2. The molecule has 0 aromatic heterocycles. The van der Waals surface area contributed by atoms with Gasteiger partial charge in [-0.3, -0.25) is 4.79 Å². The van der Waals surface area contributed by atoms with Gasteiger partial charge in [0.1, 0.15) is 0 Å². The Morgan fingerprint density at radius 3 is 2.67 bits per heavy atom. The summed E-state index contributed by atoms with van der Waals surface area (Å²) in [5.41, 5.74) is 1.71. The number of hydrogen-bond acceptors (Lipinski definition) is 4. The van der Waals surface area contributed by atoms with E-state index in [0.29, 0.717) is 26.1 Å². The van der Waals surface area contributed by atoms with Crippen molar-refractivity contribution in [2.45, 2.75) is 18.2 Å². The molecule has 1 aliphatic heterocycles. The third-order valence-electron chi connectivity index (χ3n) is 3.30. The van der Waals surface area contributed by atoms with E-state index < -0.39 is 10.0 Å². The van der Waals surface area contributed by atoms with Crippen molar-refractivity contribution in [2.24, 2.45) is 0 Å². The molecule has 21 heavy (non-hydrogen) atoms. The molecule has 2 N–H and O–H groups in total. The first-order chi connectivity index (χ1) is 9.45. The molecule has 2 rings (SSSR count). The molecule has 118 valence electrons. The van der Waals surface area contributed by atoms with Crippen LogP contribution in [0.3, 0.4) is 0 Å². The largest absolute Gasteiger partial charge is 0.318 e. The molecule has 0 unspecified atom stereocenters. The van der Waals surface area contributed by atoms with E-state index in [9.17, 15) is 13.2 Å². The minimum Gasteiger partial charge on any atom is -0.318 e. The van der Waals surface area contributed by atoms with Crippen molar-refractivity contribution in [1.29, 1.82) is 0 Å². The van der Waals surface area contributed by atoms with Crippen molar-refractivity contribution in [3.8, 4) is 0 Å². The molecule has 8 heteroatoms. The first-order valence-electron chi connectivity index (χ1n) is 6.51. The first-order valence-corrected chi connectivity index (χ1v) is 7.99. The maximum absolute atomic E-state index is 12.1. The Morgan fingerprint density at radius 1 is 1.33 bits per heavy atom. The zero-order valence-corrected chi connectivity index (χ0v) is 13.7. The number of likely N-dealkylation sites (N-methyl/N-ethyl adjacent to an activating group) is 1. The van der Waals surface area contributed by atoms with E-state index in [1.807, 2.05) is 0 Å². The molecule has 1 aromatic rings. The number of nitrogens with one attached hydrogen (secondary N) is 2. The smallest absolute Gasteiger partial charge is 0.240 e. The van der Waals surface area contributed by atoms with Gasteiger partial charge in [0.2, 0.25) is 15.9 Å². The van der Waals surface area contributed by atoms with Gasteiger partial charge >= 0.3 is 0 Å². The van der Waals surface area contributed by atoms with Gasteiger partial charge in [-0.25, -0.2) is 13.1 Å². The number of benzene rings is 1. The minimum absolute atomic E-state index is 0. The lowest BCUT2D eigenvalue weighted by Crippen LogP contribution is -2.30. The summed E-state index contributed by atoms with van der Waals surface area (Å²) >= 11 is 0. The van der Waals surface area contributed by atoms with Crippen LogP contribution in [0, 0.1) is 0 Å². The maximum Gasteiger partial charge on any atom is 0.240 e. The topological polar surface area (TPSA) is 78.5 Å². The second-order valence-corrected chi connectivity index (χ2v) is 6.48. The SMILES string of the molecule is CNCCNS(=O)(=O)c1ccc2c(c1)CCN2C(C)=O.Cl. The molecule has 0 aliphatic carbocycles. The number of sulfonamides is 1. The number of hydrogen-bond donors (Lipinski definition) is 2. The van der Waals surface area contributed by atoms with Crippen LogP contribution in [0.15, 0.2) is 23.1 Å². The van der Waals surface area contributed by atoms with Crippen LogP contribution in [0.25, 0.3) is 0 Å². The minimum atomic E-state index is -3.49. The van der Waals surface area contributed by atoms with Crippen molar-refractivity contribution in [3.05, 3.63) is 23.8 Å². The number of carbonyl (C=O) groups excluding carboxylic acids is 1. The summed E-state index contributed by atoms with van der Waals surface area (Å²) in [6, 6.07) is 4.90. The van der Waals surface area contributed by atoms with E-state index in [1.165, 1.54) is 6.92 Å². The fourth-order valence-corrected chi connectivity index (χ4v) is 3.35. The van der Waals surface area contributed by atoms with E-state index in [4.69, 9.17) is 0 Å². The van der Waals surface area contributed by atoms with Crippen LogP contribution in [-0.2, 0) is 21.2 Å². The summed E-state index contributed by atoms with van der Waals surface area (Å²) in [7, 11) is -1.72. The van der Waals surface area contributed by atoms with Gasteiger partial charge in [0.15, 0.2) is 0 Å². The molecule has 1 heterocycles. The van der Waals surface area contributed by atoms with Gasteiger partial charge in [0.05, 0.1) is 4.90 Å². The Bertz CT molecular complexity index is 619. The van der Waals surface area contributed by atoms with Crippen LogP contribution in [0.1, 0.15) is 12.5 Å². The Morgan fingerprint density at radius 2 is 2.05 bits per heavy atom. The van der Waals surface area contributed by atoms with E-state index >= 15 is 0 Å². The van der Waals surface area contributed by atoms with Gasteiger partial charge in [-0.15, -0.1) is 12.4 Å². The molecular weight excluding hydrogens is 314 g/mol. The van der Waals surface area contributed by atoms with E-state index in [0.717, 1.165) is 11.3 Å². The molecule has 1 amide bonds. The van der Waals surface area contributed by atoms with Crippen LogP contribution >= 0.6 is 12.4 Å². The van der Waals surface area contributed by atoms with E-state index in [-0.39, 0.29) is 23.2 Å². The highest BCUT2D eigenvalue weighted by Crippen LogP contribution is 2.30. The Labute approximate surface area is 131 Å². The van der Waals surface area contributed by atoms with Gasteiger partial charge in [-0.2, -0.15) is 0 Å². The lowest BCUT2D eigenvalue weighted by Gasteiger charge is -2.15. The predicted molar refractivity (Wildman–Crippen MR) is 84.5 cm³/mol. The standard InChI is InChI=1S/C13H19N3O3S.ClH/c1-10(17)16-8-5-11-9-12(3-4-13(11)16)20(18,19)15-7-6-14-2;/h3-4,9,14-15H,5-8H2,1-2H3;1H. The van der Waals surface area contributed by atoms with Crippen LogP contribution in [0.2, 0.25) is 0 Å². The Balaban J connectivity index is 0.00000220. The van der Waals surface area contributed by atoms with Gasteiger partial charge in [-0.1, -0.05) is 0 Å². The fraction of sp³-hybridized carbons (Fsp3) is 0.462. The Hall–Kier alpha value is -1.15. The first kappa shape index (κ1) is 17.9. The second kappa shape index (κ2) is 7.22. The number of rotatable bonds is 5. The quantitative estimate of drug-likeness (QED) is 0.770. The number of amides is 1. The monoisotopic (exact) mass is 333 g/mol. The zero-order chi connectivity index (χ0) is 14.8. The maximum atomic E-state index is 12.1. The lowest BCUT2D eigenvalue weighted by molar-refractivity contribution is -0.116. The molecule has 0 atom stereocenters. The summed E-state index contributed by atoms with van der Waals surface area (Å²) in [4.78, 5) is 13.4. The number of carbonyl (C=O) groups is 1. The molecule has 0 saturated carbocycles. The third kappa shape index (κ3) is 3.94. The van der Waals surface area contributed by atoms with Gasteiger partial charge in [-0.05, 0) is 37.2 Å². The van der Waals surface area contributed by atoms with Crippen molar-refractivity contribution in [3.63, 3.8) is 0 Å². The van der Waals surface area contributed by atoms with Crippen LogP contribution in [0.5, 0.6) is 0 Å². The van der Waals surface area contributed by atoms with Crippen molar-refractivity contribution >= 4 is 34.0 Å². The molecular formula is C13H20ClN3O3S. The second-order valence-electron chi connectivity index (χ2n) is 4.71. The van der Waals surface area contributed by atoms with E-state index in [1.54, 1.807) is 30.1 Å². The van der Waals surface area contributed by atoms with Gasteiger partial charge in [0, 0.05) is 32.2 Å². The number of anilines is 1. The number of fused-ring (bicyclic) bond motifs is 1. The molecule has 0 bridgehead atoms. The molecule has 0 saturated heterocycles. The van der Waals surface area contributed by atoms with Crippen molar-refractivity contribution in [2.75, 3.05) is 31.6 Å². The number of nitrogens with zero attached hydrogens (tertiary/aromatic N) is 1. The normalized spacial score (nSPS) is 13.7. The highest BCUT2D eigenvalue weighted by atomic mass is 35.5. The van der Waals surface area contributed by atoms with E-state index in [2.05, 4.69) is 10.0 Å². The summed E-state index contributed by atoms with van der Waals surface area (Å²) in [5, 5.41) is 2.88. The Kier molecular flexibility index (Phi) is 6.15. The predicted octanol–water partition coefficient (Wildman–Crippen LogP) is 0.515. The van der Waals surface area contributed by atoms with Crippen LogP contribution in [0.4, 0.5) is 5.69 Å². The molecule has 1 aliphatic rings. The summed E-state index contributed by atoms with van der Waals surface area (Å²) in [6.45, 7) is 3.04. The zero-order valence-electron chi connectivity index (χ0n) is 12.0. The molecule has 0 spiro atoms. The summed E-state index contributed by atoms with van der Waals surface area (Å²) in [5.74, 6) is -0.0218. The summed E-state index contributed by atoms with van der Waals surface area (Å²) < 4.78 is 26.7. The van der Waals surface area contributed by atoms with Crippen LogP contribution in [-0.4, -0.2) is 41.0 Å². The molecule has 1 aromatic carbocycles. The van der Waals surface area contributed by atoms with Crippen molar-refractivity contribution < 1.29 is 13.2 Å². The fourth-order valence-electron chi connectivity index (χ4n) is 2.27. The van der Waals surface area contributed by atoms with Crippen LogP contribution < -0.4 is 14.9 Å². The highest BCUT2D eigenvalue weighted by molar-refractivity contribution is 7.89. The van der Waals surface area contributed by atoms with Crippen molar-refractivity contribution in [1.82, 2.24) is 10.0 Å². The third-order valence-corrected chi connectivity index (χ3v) is 4.76. The molecule has 0 radical (unpaired) electrons. The number of halogens is 1. The average molecular weight is 334 g/mol. The molecule has 0 fully saturated rings. The van der Waals surface area contributed by atoms with Gasteiger partial charge < -0.3 is 10.2 Å². The summed E-state index contributed by atoms with van der Waals surface area (Å²) in [6.07, 6.45) is 0.689.